The Bertz CT molecular complexity index is 509. The predicted molar refractivity (Wildman–Crippen MR) is 83.8 cm³/mol. The van der Waals surface area contributed by atoms with Crippen LogP contribution in [0.1, 0.15) is 36.0 Å². The van der Waals surface area contributed by atoms with Gasteiger partial charge in [0.1, 0.15) is 10.6 Å². The van der Waals surface area contributed by atoms with Gasteiger partial charge >= 0.3 is 0 Å². The summed E-state index contributed by atoms with van der Waals surface area (Å²) in [5, 5.41) is 3.87. The van der Waals surface area contributed by atoms with Gasteiger partial charge in [-0.2, -0.15) is 4.37 Å². The molecule has 2 fully saturated rings. The summed E-state index contributed by atoms with van der Waals surface area (Å²) in [5.41, 5.74) is 6.44. The molecular weight excluding hydrogens is 288 g/mol. The van der Waals surface area contributed by atoms with Crippen molar-refractivity contribution in [2.24, 2.45) is 5.92 Å². The fourth-order valence-electron chi connectivity index (χ4n) is 2.65. The molecule has 1 aromatic rings. The first-order valence-corrected chi connectivity index (χ1v) is 8.27. The number of hydrogen-bond acceptors (Lipinski definition) is 6. The molecule has 0 unspecified atom stereocenters. The lowest BCUT2D eigenvalue weighted by Crippen LogP contribution is -2.32. The van der Waals surface area contributed by atoms with Gasteiger partial charge in [0, 0.05) is 32.8 Å². The average molecular weight is 310 g/mol. The van der Waals surface area contributed by atoms with E-state index in [1.54, 1.807) is 0 Å². The highest BCUT2D eigenvalue weighted by atomic mass is 32.1. The topological polar surface area (TPSA) is 80.5 Å². The molecule has 1 amide bonds. The third kappa shape index (κ3) is 3.47. The Kier molecular flexibility index (Phi) is 4.30. The molecule has 1 saturated heterocycles. The third-order valence-corrected chi connectivity index (χ3v) is 5.04. The van der Waals surface area contributed by atoms with Crippen LogP contribution in [-0.2, 0) is 4.74 Å². The zero-order valence-electron chi connectivity index (χ0n) is 12.3. The molecular formula is C14H22N4O2S. The van der Waals surface area contributed by atoms with Crippen molar-refractivity contribution in [1.29, 1.82) is 0 Å². The molecule has 0 radical (unpaired) electrons. The molecule has 21 heavy (non-hydrogen) atoms. The highest BCUT2D eigenvalue weighted by Gasteiger charge is 2.29. The van der Waals surface area contributed by atoms with E-state index in [1.165, 1.54) is 11.5 Å². The SMILES string of the molecule is CN(CC1CCOCC1)c1snc(N)c1C(=O)NC1CC1. The summed E-state index contributed by atoms with van der Waals surface area (Å²) in [6.07, 6.45) is 4.28. The van der Waals surface area contributed by atoms with Crippen molar-refractivity contribution in [3.8, 4) is 0 Å². The summed E-state index contributed by atoms with van der Waals surface area (Å²) in [7, 11) is 2.01. The molecule has 1 saturated carbocycles. The zero-order chi connectivity index (χ0) is 14.8. The summed E-state index contributed by atoms with van der Waals surface area (Å²) in [6, 6.07) is 0.324. The standard InChI is InChI=1S/C14H22N4O2S/c1-18(8-9-4-6-20-7-5-9)14-11(12(15)17-21-14)13(19)16-10-2-3-10/h9-10H,2-8H2,1H3,(H2,15,17)(H,16,19). The zero-order valence-corrected chi connectivity index (χ0v) is 13.1. The number of ether oxygens (including phenoxy) is 1. The average Bonchev–Trinajstić information content (AvgIpc) is 3.19. The Morgan fingerprint density at radius 3 is 2.81 bits per heavy atom. The molecule has 0 aromatic carbocycles. The van der Waals surface area contributed by atoms with Crippen molar-refractivity contribution in [2.45, 2.75) is 31.7 Å². The number of carbonyl (C=O) groups is 1. The van der Waals surface area contributed by atoms with E-state index in [9.17, 15) is 4.79 Å². The van der Waals surface area contributed by atoms with Gasteiger partial charge in [0.25, 0.3) is 5.91 Å². The van der Waals surface area contributed by atoms with Crippen LogP contribution in [0.4, 0.5) is 10.8 Å². The second-order valence-corrected chi connectivity index (χ2v) is 6.68. The van der Waals surface area contributed by atoms with E-state index in [4.69, 9.17) is 10.5 Å². The second-order valence-electron chi connectivity index (χ2n) is 5.93. The Morgan fingerprint density at radius 2 is 2.14 bits per heavy atom. The van der Waals surface area contributed by atoms with Gasteiger partial charge in [0.05, 0.1) is 0 Å². The number of nitrogens with two attached hydrogens (primary N) is 1. The van der Waals surface area contributed by atoms with Gasteiger partial charge in [-0.1, -0.05) is 0 Å². The number of anilines is 2. The lowest BCUT2D eigenvalue weighted by Gasteiger charge is -2.27. The summed E-state index contributed by atoms with van der Waals surface area (Å²) < 4.78 is 9.56. The van der Waals surface area contributed by atoms with E-state index in [-0.39, 0.29) is 5.91 Å². The van der Waals surface area contributed by atoms with Crippen molar-refractivity contribution in [3.05, 3.63) is 5.56 Å². The molecule has 0 bridgehead atoms. The molecule has 2 heterocycles. The molecule has 1 aliphatic heterocycles. The number of aromatic nitrogens is 1. The summed E-state index contributed by atoms with van der Waals surface area (Å²) in [6.45, 7) is 2.57. The van der Waals surface area contributed by atoms with E-state index in [1.807, 2.05) is 7.05 Å². The second kappa shape index (κ2) is 6.19. The van der Waals surface area contributed by atoms with Gasteiger partial charge in [0.15, 0.2) is 5.82 Å². The molecule has 0 atom stereocenters. The van der Waals surface area contributed by atoms with Gasteiger partial charge in [0.2, 0.25) is 0 Å². The van der Waals surface area contributed by atoms with Gasteiger partial charge in [-0.25, -0.2) is 0 Å². The van der Waals surface area contributed by atoms with Crippen LogP contribution >= 0.6 is 11.5 Å². The van der Waals surface area contributed by atoms with Crippen LogP contribution in [0.3, 0.4) is 0 Å². The van der Waals surface area contributed by atoms with Crippen LogP contribution < -0.4 is 16.0 Å². The first kappa shape index (κ1) is 14.6. The molecule has 3 rings (SSSR count). The van der Waals surface area contributed by atoms with Crippen molar-refractivity contribution in [2.75, 3.05) is 37.4 Å². The van der Waals surface area contributed by atoms with E-state index in [2.05, 4.69) is 14.6 Å². The Balaban J connectivity index is 1.69. The smallest absolute Gasteiger partial charge is 0.258 e. The van der Waals surface area contributed by atoms with Gasteiger partial charge in [-0.15, -0.1) is 0 Å². The summed E-state index contributed by atoms with van der Waals surface area (Å²) >= 11 is 1.31. The minimum Gasteiger partial charge on any atom is -0.382 e. The van der Waals surface area contributed by atoms with Gasteiger partial charge in [-0.05, 0) is 43.1 Å². The quantitative estimate of drug-likeness (QED) is 0.861. The minimum absolute atomic E-state index is 0.0856. The molecule has 3 N–H and O–H groups in total. The first-order chi connectivity index (χ1) is 10.1. The number of nitrogen functional groups attached to an aromatic ring is 1. The number of rotatable bonds is 5. The van der Waals surface area contributed by atoms with Crippen LogP contribution in [0, 0.1) is 5.92 Å². The van der Waals surface area contributed by atoms with E-state index in [0.717, 1.165) is 50.4 Å². The number of amides is 1. The monoisotopic (exact) mass is 310 g/mol. The van der Waals surface area contributed by atoms with Crippen molar-refractivity contribution < 1.29 is 9.53 Å². The number of nitrogens with one attached hydrogen (secondary N) is 1. The van der Waals surface area contributed by atoms with E-state index < -0.39 is 0 Å². The fourth-order valence-corrected chi connectivity index (χ4v) is 3.43. The number of carbonyl (C=O) groups excluding carboxylic acids is 1. The van der Waals surface area contributed by atoms with E-state index >= 15 is 0 Å². The summed E-state index contributed by atoms with van der Waals surface area (Å²) in [5.74, 6) is 0.857. The third-order valence-electron chi connectivity index (χ3n) is 4.06. The minimum atomic E-state index is -0.0856. The lowest BCUT2D eigenvalue weighted by atomic mass is 10.00. The molecule has 2 aliphatic rings. The van der Waals surface area contributed by atoms with Crippen LogP contribution in [0.5, 0.6) is 0 Å². The normalized spacial score (nSPS) is 19.5. The van der Waals surface area contributed by atoms with Crippen LogP contribution in [0.25, 0.3) is 0 Å². The maximum Gasteiger partial charge on any atom is 0.258 e. The van der Waals surface area contributed by atoms with Gasteiger partial charge < -0.3 is 20.7 Å². The maximum absolute atomic E-state index is 12.3. The Hall–Kier alpha value is -1.34. The predicted octanol–water partition coefficient (Wildman–Crippen LogP) is 1.48. The number of hydrogen-bond donors (Lipinski definition) is 2. The van der Waals surface area contributed by atoms with Crippen molar-refractivity contribution in [3.63, 3.8) is 0 Å². The van der Waals surface area contributed by atoms with Crippen LogP contribution in [-0.4, -0.2) is 43.1 Å². The molecule has 1 aliphatic carbocycles. The number of nitrogens with zero attached hydrogens (tertiary/aromatic N) is 2. The Labute approximate surface area is 128 Å². The molecule has 6 nitrogen and oxygen atoms in total. The fraction of sp³-hybridized carbons (Fsp3) is 0.714. The van der Waals surface area contributed by atoms with Gasteiger partial charge in [-0.3, -0.25) is 4.79 Å². The largest absolute Gasteiger partial charge is 0.382 e. The van der Waals surface area contributed by atoms with E-state index in [0.29, 0.717) is 23.3 Å². The lowest BCUT2D eigenvalue weighted by molar-refractivity contribution is 0.0685. The first-order valence-electron chi connectivity index (χ1n) is 7.50. The van der Waals surface area contributed by atoms with Crippen molar-refractivity contribution in [1.82, 2.24) is 9.69 Å². The van der Waals surface area contributed by atoms with Crippen LogP contribution in [0.15, 0.2) is 0 Å². The van der Waals surface area contributed by atoms with Crippen molar-refractivity contribution >= 4 is 28.3 Å². The summed E-state index contributed by atoms with van der Waals surface area (Å²) in [4.78, 5) is 14.4. The maximum atomic E-state index is 12.3. The molecule has 116 valence electrons. The Morgan fingerprint density at radius 1 is 1.43 bits per heavy atom. The van der Waals surface area contributed by atoms with Crippen LogP contribution in [0.2, 0.25) is 0 Å². The molecule has 7 heteroatoms. The highest BCUT2D eigenvalue weighted by molar-refractivity contribution is 7.11. The highest BCUT2D eigenvalue weighted by Crippen LogP contribution is 2.32. The molecule has 1 aromatic heterocycles. The molecule has 0 spiro atoms.